The molecule has 6 nitrogen and oxygen atoms in total. The number of nitrogens with zero attached hydrogens (tertiary/aromatic N) is 1. The highest BCUT2D eigenvalue weighted by Gasteiger charge is 2.31. The molecule has 2 aromatic carbocycles. The zero-order valence-electron chi connectivity index (χ0n) is 18.8. The molecule has 10 heteroatoms. The molecule has 0 aliphatic carbocycles. The summed E-state index contributed by atoms with van der Waals surface area (Å²) in [6.07, 6.45) is -0.534. The normalized spacial score (nSPS) is 11.9. The first kappa shape index (κ1) is 26.5. The standard InChI is InChI=1S/C23H28F3NO5S/c1-4-6-12-27(13-7-5-2)19-14-17(22(28)29)15-20(33(3,30)31)21(19)16-8-10-18(11-9-16)32-23(24,25)26/h8-11,14-15H,4-7,12-13H2,1-3H3,(H,28,29). The van der Waals surface area contributed by atoms with Gasteiger partial charge in [0.05, 0.1) is 10.5 Å². The van der Waals surface area contributed by atoms with Crippen LogP contribution in [-0.4, -0.2) is 45.2 Å². The minimum Gasteiger partial charge on any atom is -0.478 e. The van der Waals surface area contributed by atoms with Crippen molar-refractivity contribution in [3.05, 3.63) is 42.0 Å². The highest BCUT2D eigenvalue weighted by molar-refractivity contribution is 7.90. The maximum absolute atomic E-state index is 12.7. The predicted molar refractivity (Wildman–Crippen MR) is 121 cm³/mol. The lowest BCUT2D eigenvalue weighted by molar-refractivity contribution is -0.274. The number of sulfone groups is 1. The molecule has 0 aliphatic heterocycles. The Kier molecular flexibility index (Phi) is 8.76. The van der Waals surface area contributed by atoms with Gasteiger partial charge in [-0.2, -0.15) is 0 Å². The molecule has 0 aromatic heterocycles. The SMILES string of the molecule is CCCCN(CCCC)c1cc(C(=O)O)cc(S(C)(=O)=O)c1-c1ccc(OC(F)(F)F)cc1. The van der Waals surface area contributed by atoms with Gasteiger partial charge in [0.1, 0.15) is 5.75 Å². The molecule has 0 amide bonds. The number of unbranched alkanes of at least 4 members (excludes halogenated alkanes) is 2. The lowest BCUT2D eigenvalue weighted by Gasteiger charge is -2.29. The fourth-order valence-electron chi connectivity index (χ4n) is 3.43. The van der Waals surface area contributed by atoms with Gasteiger partial charge in [-0.15, -0.1) is 13.2 Å². The van der Waals surface area contributed by atoms with E-state index in [4.69, 9.17) is 0 Å². The van der Waals surface area contributed by atoms with Crippen molar-refractivity contribution >= 4 is 21.5 Å². The van der Waals surface area contributed by atoms with E-state index >= 15 is 0 Å². The number of halogens is 3. The van der Waals surface area contributed by atoms with Crippen molar-refractivity contribution in [2.75, 3.05) is 24.2 Å². The van der Waals surface area contributed by atoms with Crippen molar-refractivity contribution in [1.82, 2.24) is 0 Å². The second-order valence-electron chi connectivity index (χ2n) is 7.71. The molecule has 0 radical (unpaired) electrons. The van der Waals surface area contributed by atoms with Crippen molar-refractivity contribution in [1.29, 1.82) is 0 Å². The first-order valence-corrected chi connectivity index (χ1v) is 12.5. The first-order chi connectivity index (χ1) is 15.4. The quantitative estimate of drug-likeness (QED) is 0.434. The Morgan fingerprint density at radius 2 is 1.58 bits per heavy atom. The number of carboxylic acids is 1. The molecule has 0 atom stereocenters. The Hall–Kier alpha value is -2.75. The van der Waals surface area contributed by atoms with E-state index in [-0.39, 0.29) is 16.0 Å². The number of ether oxygens (including phenoxy) is 1. The molecular formula is C23H28F3NO5S. The molecule has 0 heterocycles. The topological polar surface area (TPSA) is 83.9 Å². The minimum absolute atomic E-state index is 0.177. The summed E-state index contributed by atoms with van der Waals surface area (Å²) in [5.41, 5.74) is 0.842. The number of aromatic carboxylic acids is 1. The third kappa shape index (κ3) is 7.38. The van der Waals surface area contributed by atoms with E-state index < -0.39 is 27.9 Å². The molecule has 1 N–H and O–H groups in total. The van der Waals surface area contributed by atoms with E-state index in [9.17, 15) is 31.5 Å². The number of benzene rings is 2. The highest BCUT2D eigenvalue weighted by Crippen LogP contribution is 2.39. The van der Waals surface area contributed by atoms with Crippen LogP contribution in [0.3, 0.4) is 0 Å². The third-order valence-electron chi connectivity index (χ3n) is 5.01. The van der Waals surface area contributed by atoms with Crippen LogP contribution in [0.15, 0.2) is 41.3 Å². The second kappa shape index (κ2) is 10.9. The molecule has 0 fully saturated rings. The van der Waals surface area contributed by atoms with Crippen molar-refractivity contribution in [3.63, 3.8) is 0 Å². The van der Waals surface area contributed by atoms with Crippen LogP contribution in [0.25, 0.3) is 11.1 Å². The molecular weight excluding hydrogens is 459 g/mol. The molecule has 0 unspecified atom stereocenters. The summed E-state index contributed by atoms with van der Waals surface area (Å²) in [6, 6.07) is 7.41. The fraction of sp³-hybridized carbons (Fsp3) is 0.435. The first-order valence-electron chi connectivity index (χ1n) is 10.6. The van der Waals surface area contributed by atoms with Gasteiger partial charge in [0.2, 0.25) is 0 Å². The molecule has 2 rings (SSSR count). The molecule has 0 saturated heterocycles. The van der Waals surface area contributed by atoms with E-state index in [2.05, 4.69) is 4.74 Å². The summed E-state index contributed by atoms with van der Waals surface area (Å²) in [5, 5.41) is 9.60. The number of hydrogen-bond acceptors (Lipinski definition) is 5. The van der Waals surface area contributed by atoms with Crippen LogP contribution in [0.5, 0.6) is 5.75 Å². The minimum atomic E-state index is -4.86. The van der Waals surface area contributed by atoms with Gasteiger partial charge in [-0.1, -0.05) is 38.8 Å². The number of anilines is 1. The summed E-state index contributed by atoms with van der Waals surface area (Å²) >= 11 is 0. The van der Waals surface area contributed by atoms with Gasteiger partial charge in [0, 0.05) is 30.6 Å². The Morgan fingerprint density at radius 3 is 2.00 bits per heavy atom. The van der Waals surface area contributed by atoms with E-state index in [1.165, 1.54) is 18.2 Å². The van der Waals surface area contributed by atoms with Crippen LogP contribution < -0.4 is 9.64 Å². The van der Waals surface area contributed by atoms with Gasteiger partial charge in [-0.3, -0.25) is 0 Å². The Balaban J connectivity index is 2.78. The number of carbonyl (C=O) groups is 1. The predicted octanol–water partition coefficient (Wildman–Crippen LogP) is 5.76. The molecule has 2 aromatic rings. The summed E-state index contributed by atoms with van der Waals surface area (Å²) in [5.74, 6) is -1.71. The average molecular weight is 488 g/mol. The van der Waals surface area contributed by atoms with Crippen LogP contribution in [0.4, 0.5) is 18.9 Å². The Bertz CT molecular complexity index is 1060. The second-order valence-corrected chi connectivity index (χ2v) is 9.70. The van der Waals surface area contributed by atoms with Gasteiger partial charge in [-0.25, -0.2) is 13.2 Å². The molecule has 0 spiro atoms. The molecule has 182 valence electrons. The van der Waals surface area contributed by atoms with Crippen molar-refractivity contribution < 1.29 is 36.2 Å². The lowest BCUT2D eigenvalue weighted by atomic mass is 9.99. The van der Waals surface area contributed by atoms with Crippen LogP contribution in [0, 0.1) is 0 Å². The van der Waals surface area contributed by atoms with Crippen LogP contribution in [-0.2, 0) is 9.84 Å². The fourth-order valence-corrected chi connectivity index (χ4v) is 4.36. The van der Waals surface area contributed by atoms with Gasteiger partial charge < -0.3 is 14.7 Å². The van der Waals surface area contributed by atoms with Crippen LogP contribution in [0.1, 0.15) is 49.9 Å². The number of carboxylic acid groups (broad SMARTS) is 1. The Morgan fingerprint density at radius 1 is 1.03 bits per heavy atom. The molecule has 0 saturated carbocycles. The lowest BCUT2D eigenvalue weighted by Crippen LogP contribution is -2.27. The van der Waals surface area contributed by atoms with E-state index in [1.807, 2.05) is 18.7 Å². The van der Waals surface area contributed by atoms with E-state index in [1.54, 1.807) is 0 Å². The molecule has 33 heavy (non-hydrogen) atoms. The summed E-state index contributed by atoms with van der Waals surface area (Å²) in [7, 11) is -3.87. The van der Waals surface area contributed by atoms with Gasteiger partial charge in [0.15, 0.2) is 9.84 Å². The van der Waals surface area contributed by atoms with Crippen LogP contribution in [0.2, 0.25) is 0 Å². The van der Waals surface area contributed by atoms with Gasteiger partial charge >= 0.3 is 12.3 Å². The highest BCUT2D eigenvalue weighted by atomic mass is 32.2. The maximum Gasteiger partial charge on any atom is 0.573 e. The third-order valence-corrected chi connectivity index (χ3v) is 6.13. The van der Waals surface area contributed by atoms with Crippen molar-refractivity contribution in [2.24, 2.45) is 0 Å². The number of hydrogen-bond donors (Lipinski definition) is 1. The van der Waals surface area contributed by atoms with Gasteiger partial charge in [0.25, 0.3) is 0 Å². The summed E-state index contributed by atoms with van der Waals surface area (Å²) in [4.78, 5) is 13.5. The zero-order chi connectivity index (χ0) is 24.8. The van der Waals surface area contributed by atoms with Crippen molar-refractivity contribution in [2.45, 2.75) is 50.8 Å². The average Bonchev–Trinajstić information content (AvgIpc) is 2.72. The maximum atomic E-state index is 12.7. The molecule has 0 bridgehead atoms. The summed E-state index contributed by atoms with van der Waals surface area (Å²) < 4.78 is 66.9. The van der Waals surface area contributed by atoms with Crippen molar-refractivity contribution in [3.8, 4) is 16.9 Å². The molecule has 0 aliphatic rings. The van der Waals surface area contributed by atoms with Gasteiger partial charge in [-0.05, 0) is 42.7 Å². The smallest absolute Gasteiger partial charge is 0.478 e. The summed E-state index contributed by atoms with van der Waals surface area (Å²) in [6.45, 7) is 5.16. The number of alkyl halides is 3. The Labute approximate surface area is 191 Å². The van der Waals surface area contributed by atoms with Crippen LogP contribution >= 0.6 is 0 Å². The van der Waals surface area contributed by atoms with E-state index in [0.717, 1.165) is 50.1 Å². The monoisotopic (exact) mass is 487 g/mol. The number of rotatable bonds is 11. The zero-order valence-corrected chi connectivity index (χ0v) is 19.6. The van der Waals surface area contributed by atoms with E-state index in [0.29, 0.717) is 24.3 Å². The largest absolute Gasteiger partial charge is 0.573 e.